The molecule has 0 aliphatic carbocycles. The highest BCUT2D eigenvalue weighted by atomic mass is 19.1. The van der Waals surface area contributed by atoms with Crippen LogP contribution in [-0.4, -0.2) is 30.5 Å². The molecular formula is C17H16FN3O5. The van der Waals surface area contributed by atoms with Gasteiger partial charge in [-0.15, -0.1) is 0 Å². The van der Waals surface area contributed by atoms with Crippen molar-refractivity contribution in [2.24, 2.45) is 0 Å². The average molecular weight is 361 g/mol. The molecule has 8 nitrogen and oxygen atoms in total. The topological polar surface area (TPSA) is 111 Å². The van der Waals surface area contributed by atoms with Gasteiger partial charge in [-0.2, -0.15) is 0 Å². The summed E-state index contributed by atoms with van der Waals surface area (Å²) in [6, 6.07) is 8.27. The number of non-ortho nitro benzene ring substituents is 1. The lowest BCUT2D eigenvalue weighted by Gasteiger charge is -2.13. The van der Waals surface area contributed by atoms with E-state index >= 15 is 0 Å². The van der Waals surface area contributed by atoms with Crippen LogP contribution in [-0.2, 0) is 4.79 Å². The van der Waals surface area contributed by atoms with Gasteiger partial charge in [-0.3, -0.25) is 19.7 Å². The molecule has 9 heteroatoms. The Morgan fingerprint density at radius 1 is 1.15 bits per heavy atom. The van der Waals surface area contributed by atoms with E-state index in [1.807, 2.05) is 0 Å². The largest absolute Gasteiger partial charge is 0.497 e. The van der Waals surface area contributed by atoms with E-state index < -0.39 is 23.4 Å². The van der Waals surface area contributed by atoms with Crippen molar-refractivity contribution in [1.82, 2.24) is 0 Å². The molecule has 0 atom stereocenters. The van der Waals surface area contributed by atoms with Gasteiger partial charge in [0.1, 0.15) is 5.75 Å². The second-order valence-corrected chi connectivity index (χ2v) is 5.30. The average Bonchev–Trinajstić information content (AvgIpc) is 2.63. The van der Waals surface area contributed by atoms with Gasteiger partial charge in [-0.05, 0) is 36.8 Å². The normalized spacial score (nSPS) is 10.1. The fraction of sp³-hybridized carbons (Fsp3) is 0.176. The van der Waals surface area contributed by atoms with Crippen LogP contribution in [0.25, 0.3) is 0 Å². The molecular weight excluding hydrogens is 345 g/mol. The van der Waals surface area contributed by atoms with Crippen LogP contribution in [0.4, 0.5) is 21.5 Å². The molecule has 0 aliphatic rings. The van der Waals surface area contributed by atoms with E-state index in [2.05, 4.69) is 10.6 Å². The third-order valence-electron chi connectivity index (χ3n) is 3.54. The predicted molar refractivity (Wildman–Crippen MR) is 93.4 cm³/mol. The fourth-order valence-electron chi connectivity index (χ4n) is 2.22. The Balaban J connectivity index is 2.37. The number of rotatable bonds is 6. The Hall–Kier alpha value is -3.49. The van der Waals surface area contributed by atoms with E-state index in [0.29, 0.717) is 17.0 Å². The molecule has 0 aliphatic heterocycles. The number of nitrogens with one attached hydrogen (secondary N) is 2. The van der Waals surface area contributed by atoms with Crippen LogP contribution >= 0.6 is 0 Å². The third kappa shape index (κ3) is 4.32. The summed E-state index contributed by atoms with van der Waals surface area (Å²) in [6.45, 7) is 0.465. The summed E-state index contributed by atoms with van der Waals surface area (Å²) in [7, 11) is 1.51. The van der Waals surface area contributed by atoms with Crippen LogP contribution < -0.4 is 15.4 Å². The Labute approximate surface area is 148 Å². The van der Waals surface area contributed by atoms with Crippen molar-refractivity contribution in [3.05, 3.63) is 57.6 Å². The van der Waals surface area contributed by atoms with Crippen molar-refractivity contribution < 1.29 is 23.6 Å². The van der Waals surface area contributed by atoms with Gasteiger partial charge in [-0.25, -0.2) is 4.39 Å². The molecule has 2 rings (SSSR count). The molecule has 26 heavy (non-hydrogen) atoms. The number of hydrogen-bond donors (Lipinski definition) is 2. The minimum absolute atomic E-state index is 0.0260. The lowest BCUT2D eigenvalue weighted by molar-refractivity contribution is -0.384. The van der Waals surface area contributed by atoms with Crippen molar-refractivity contribution in [3.63, 3.8) is 0 Å². The summed E-state index contributed by atoms with van der Waals surface area (Å²) in [6.07, 6.45) is 0. The summed E-state index contributed by atoms with van der Waals surface area (Å²) in [4.78, 5) is 34.2. The maximum atomic E-state index is 12.6. The number of methoxy groups -OCH3 is 1. The number of nitrogens with zero attached hydrogens (tertiary/aromatic N) is 1. The van der Waals surface area contributed by atoms with Crippen molar-refractivity contribution in [1.29, 1.82) is 0 Å². The quantitative estimate of drug-likeness (QED) is 0.607. The van der Waals surface area contributed by atoms with Gasteiger partial charge in [0.2, 0.25) is 0 Å². The Kier molecular flexibility index (Phi) is 5.84. The molecule has 0 saturated carbocycles. The first-order valence-electron chi connectivity index (χ1n) is 7.46. The molecule has 0 spiro atoms. The standard InChI is InChI=1S/C17H16FN3O5/c1-10-7-12(26-2)4-6-14(10)20-17(23)13-8-11(21(24)25)3-5-15(13)19-16(22)9-18/h3-8H,9H2,1-2H3,(H,19,22)(H,20,23). The summed E-state index contributed by atoms with van der Waals surface area (Å²) in [5.74, 6) is -1.04. The molecule has 2 N–H and O–H groups in total. The molecule has 136 valence electrons. The molecule has 0 bridgehead atoms. The number of anilines is 2. The number of carbonyl (C=O) groups is 2. The Bertz CT molecular complexity index is 869. The monoisotopic (exact) mass is 361 g/mol. The summed E-state index contributed by atoms with van der Waals surface area (Å²) in [5.41, 5.74) is 0.653. The number of hydrogen-bond acceptors (Lipinski definition) is 5. The van der Waals surface area contributed by atoms with Crippen LogP contribution in [0.3, 0.4) is 0 Å². The van der Waals surface area contributed by atoms with Crippen molar-refractivity contribution >= 4 is 28.9 Å². The van der Waals surface area contributed by atoms with Gasteiger partial charge in [-0.1, -0.05) is 0 Å². The Morgan fingerprint density at radius 3 is 2.42 bits per heavy atom. The summed E-state index contributed by atoms with van der Waals surface area (Å²) >= 11 is 0. The second kappa shape index (κ2) is 8.06. The number of nitro groups is 1. The van der Waals surface area contributed by atoms with Gasteiger partial charge in [0.05, 0.1) is 23.3 Å². The number of benzene rings is 2. The maximum Gasteiger partial charge on any atom is 0.270 e. The molecule has 0 saturated heterocycles. The van der Waals surface area contributed by atoms with Crippen LogP contribution in [0.1, 0.15) is 15.9 Å². The van der Waals surface area contributed by atoms with E-state index in [0.717, 1.165) is 12.1 Å². The fourth-order valence-corrected chi connectivity index (χ4v) is 2.22. The molecule has 0 aromatic heterocycles. The van der Waals surface area contributed by atoms with Crippen molar-refractivity contribution in [2.45, 2.75) is 6.92 Å². The zero-order valence-corrected chi connectivity index (χ0v) is 14.0. The number of ether oxygens (including phenoxy) is 1. The van der Waals surface area contributed by atoms with Crippen molar-refractivity contribution in [2.75, 3.05) is 24.4 Å². The third-order valence-corrected chi connectivity index (χ3v) is 3.54. The lowest BCUT2D eigenvalue weighted by Crippen LogP contribution is -2.19. The van der Waals surface area contributed by atoms with E-state index in [1.165, 1.54) is 13.2 Å². The van der Waals surface area contributed by atoms with Gasteiger partial charge in [0.15, 0.2) is 6.67 Å². The zero-order valence-electron chi connectivity index (χ0n) is 14.0. The highest BCUT2D eigenvalue weighted by Crippen LogP contribution is 2.26. The highest BCUT2D eigenvalue weighted by molar-refractivity contribution is 6.10. The Morgan fingerprint density at radius 2 is 1.85 bits per heavy atom. The maximum absolute atomic E-state index is 12.6. The number of nitro benzene ring substituents is 1. The molecule has 0 heterocycles. The smallest absolute Gasteiger partial charge is 0.270 e. The van der Waals surface area contributed by atoms with E-state index in [-0.39, 0.29) is 16.9 Å². The van der Waals surface area contributed by atoms with Crippen LogP contribution in [0, 0.1) is 17.0 Å². The first kappa shape index (κ1) is 18.8. The minimum Gasteiger partial charge on any atom is -0.497 e. The van der Waals surface area contributed by atoms with Gasteiger partial charge in [0.25, 0.3) is 17.5 Å². The van der Waals surface area contributed by atoms with Crippen LogP contribution in [0.15, 0.2) is 36.4 Å². The molecule has 2 aromatic carbocycles. The number of carbonyl (C=O) groups excluding carboxylic acids is 2. The first-order chi connectivity index (χ1) is 12.3. The van der Waals surface area contributed by atoms with E-state index in [1.54, 1.807) is 25.1 Å². The molecule has 2 amide bonds. The SMILES string of the molecule is COc1ccc(NC(=O)c2cc([N+](=O)[O-])ccc2NC(=O)CF)c(C)c1. The minimum atomic E-state index is -1.28. The number of halogens is 1. The van der Waals surface area contributed by atoms with Crippen LogP contribution in [0.2, 0.25) is 0 Å². The number of alkyl halides is 1. The van der Waals surface area contributed by atoms with Crippen molar-refractivity contribution in [3.8, 4) is 5.75 Å². The van der Waals surface area contributed by atoms with Gasteiger partial charge < -0.3 is 15.4 Å². The van der Waals surface area contributed by atoms with Gasteiger partial charge in [0, 0.05) is 17.8 Å². The molecule has 0 fully saturated rings. The van der Waals surface area contributed by atoms with E-state index in [4.69, 9.17) is 4.74 Å². The molecule has 2 aromatic rings. The predicted octanol–water partition coefficient (Wildman–Crippen LogP) is 3.07. The highest BCUT2D eigenvalue weighted by Gasteiger charge is 2.19. The summed E-state index contributed by atoms with van der Waals surface area (Å²) < 4.78 is 17.5. The molecule has 0 unspecified atom stereocenters. The zero-order chi connectivity index (χ0) is 19.3. The second-order valence-electron chi connectivity index (χ2n) is 5.30. The van der Waals surface area contributed by atoms with Crippen LogP contribution in [0.5, 0.6) is 5.75 Å². The molecule has 0 radical (unpaired) electrons. The van der Waals surface area contributed by atoms with E-state index in [9.17, 15) is 24.1 Å². The number of amides is 2. The summed E-state index contributed by atoms with van der Waals surface area (Å²) in [5, 5.41) is 15.8. The first-order valence-corrected chi connectivity index (χ1v) is 7.46. The lowest BCUT2D eigenvalue weighted by atomic mass is 10.1. The number of aryl methyl sites for hydroxylation is 1. The van der Waals surface area contributed by atoms with Gasteiger partial charge >= 0.3 is 0 Å².